The number of aryl methyl sites for hydroxylation is 4. The topological polar surface area (TPSA) is 137 Å². The predicted molar refractivity (Wildman–Crippen MR) is 180 cm³/mol. The summed E-state index contributed by atoms with van der Waals surface area (Å²) in [5, 5.41) is 6.22. The van der Waals surface area contributed by atoms with E-state index >= 15 is 0 Å². The van der Waals surface area contributed by atoms with Gasteiger partial charge in [0.25, 0.3) is 5.56 Å². The fourth-order valence-corrected chi connectivity index (χ4v) is 5.27. The van der Waals surface area contributed by atoms with Crippen LogP contribution in [0, 0.1) is 20.8 Å². The van der Waals surface area contributed by atoms with Gasteiger partial charge in [0.15, 0.2) is 5.82 Å². The van der Waals surface area contributed by atoms with Gasteiger partial charge < -0.3 is 21.1 Å². The van der Waals surface area contributed by atoms with E-state index in [4.69, 9.17) is 10.5 Å². The van der Waals surface area contributed by atoms with E-state index in [-0.39, 0.29) is 60.4 Å². The standard InChI is InChI=1S/C31H35N7O3.3ClH/c1-18-5-9-23(27(13-18)41-4)24(25-10-6-19(2)14-33-25)17-35-29-31(40)38-22(16-34-29)8-11-26(38)30(39)36-15-21-7-12-28(32)37-20(21)3;;;/h5-7,9-10,12-14,16,24,26H,8,11,15,17H2,1-4H3,(H2,32,37)(H,34,35)(H,36,39);3*1H/t24-,26+;;;/m1.../s1. The van der Waals surface area contributed by atoms with E-state index in [2.05, 4.69) is 25.6 Å². The van der Waals surface area contributed by atoms with Crippen molar-refractivity contribution < 1.29 is 9.53 Å². The van der Waals surface area contributed by atoms with Gasteiger partial charge in [-0.2, -0.15) is 0 Å². The number of hydrogen-bond acceptors (Lipinski definition) is 8. The molecule has 1 aromatic carbocycles. The lowest BCUT2D eigenvalue weighted by Gasteiger charge is -2.21. The molecule has 0 saturated heterocycles. The van der Waals surface area contributed by atoms with Crippen molar-refractivity contribution in [2.24, 2.45) is 0 Å². The van der Waals surface area contributed by atoms with Gasteiger partial charge in [-0.15, -0.1) is 37.2 Å². The number of carbonyl (C=O) groups excluding carboxylic acids is 1. The Balaban J connectivity index is 0.00000225. The Morgan fingerprint density at radius 2 is 1.80 bits per heavy atom. The van der Waals surface area contributed by atoms with Gasteiger partial charge in [0.2, 0.25) is 5.91 Å². The molecule has 0 aliphatic carbocycles. The van der Waals surface area contributed by atoms with Crippen molar-refractivity contribution in [1.29, 1.82) is 0 Å². The van der Waals surface area contributed by atoms with E-state index in [1.54, 1.807) is 23.9 Å². The maximum atomic E-state index is 13.6. The van der Waals surface area contributed by atoms with Crippen molar-refractivity contribution in [1.82, 2.24) is 24.8 Å². The van der Waals surface area contributed by atoms with Gasteiger partial charge in [0.1, 0.15) is 17.6 Å². The smallest absolute Gasteiger partial charge is 0.294 e. The molecule has 1 aliphatic heterocycles. The molecule has 1 aliphatic rings. The van der Waals surface area contributed by atoms with Crippen molar-refractivity contribution in [3.63, 3.8) is 0 Å². The maximum Gasteiger partial charge on any atom is 0.294 e. The highest BCUT2D eigenvalue weighted by Crippen LogP contribution is 2.32. The number of aromatic nitrogens is 4. The quantitative estimate of drug-likeness (QED) is 0.231. The van der Waals surface area contributed by atoms with E-state index in [9.17, 15) is 9.59 Å². The van der Waals surface area contributed by atoms with Gasteiger partial charge in [-0.25, -0.2) is 9.97 Å². The van der Waals surface area contributed by atoms with Gasteiger partial charge in [0.05, 0.1) is 7.11 Å². The second kappa shape index (κ2) is 15.7. The second-order valence-corrected chi connectivity index (χ2v) is 10.5. The molecule has 0 bridgehead atoms. The first-order valence-electron chi connectivity index (χ1n) is 13.7. The van der Waals surface area contributed by atoms with Gasteiger partial charge in [-0.1, -0.05) is 24.3 Å². The van der Waals surface area contributed by atoms with Crippen LogP contribution in [0.5, 0.6) is 5.75 Å². The van der Waals surface area contributed by atoms with Crippen LogP contribution in [0.4, 0.5) is 11.6 Å². The number of nitrogens with one attached hydrogen (secondary N) is 2. The van der Waals surface area contributed by atoms with Gasteiger partial charge in [-0.3, -0.25) is 19.1 Å². The molecule has 0 spiro atoms. The average molecular weight is 663 g/mol. The Kier molecular flexibility index (Phi) is 13.0. The van der Waals surface area contributed by atoms with Crippen LogP contribution in [0.1, 0.15) is 57.7 Å². The average Bonchev–Trinajstić information content (AvgIpc) is 3.40. The Bertz CT molecular complexity index is 1650. The number of rotatable bonds is 9. The second-order valence-electron chi connectivity index (χ2n) is 10.5. The molecule has 0 unspecified atom stereocenters. The predicted octanol–water partition coefficient (Wildman–Crippen LogP) is 4.86. The zero-order valence-electron chi connectivity index (χ0n) is 25.0. The Hall–Kier alpha value is -3.86. The highest BCUT2D eigenvalue weighted by Gasteiger charge is 2.31. The summed E-state index contributed by atoms with van der Waals surface area (Å²) >= 11 is 0. The summed E-state index contributed by atoms with van der Waals surface area (Å²) in [7, 11) is 1.65. The minimum atomic E-state index is -0.616. The number of anilines is 2. The third-order valence-corrected chi connectivity index (χ3v) is 7.56. The minimum Gasteiger partial charge on any atom is -0.496 e. The zero-order chi connectivity index (χ0) is 29.1. The third-order valence-electron chi connectivity index (χ3n) is 7.56. The van der Waals surface area contributed by atoms with Crippen molar-refractivity contribution in [2.75, 3.05) is 24.7 Å². The monoisotopic (exact) mass is 661 g/mol. The van der Waals surface area contributed by atoms with Crippen LogP contribution in [-0.2, 0) is 17.8 Å². The molecule has 1 amide bonds. The van der Waals surface area contributed by atoms with Gasteiger partial charge in [-0.05, 0) is 68.5 Å². The Labute approximate surface area is 275 Å². The molecule has 2 atom stereocenters. The molecule has 0 saturated carbocycles. The number of pyridine rings is 2. The molecule has 4 heterocycles. The van der Waals surface area contributed by atoms with Crippen LogP contribution < -0.4 is 26.7 Å². The number of fused-ring (bicyclic) bond motifs is 1. The Morgan fingerprint density at radius 3 is 2.48 bits per heavy atom. The first kappa shape index (κ1) is 36.3. The number of hydrogen-bond donors (Lipinski definition) is 3. The van der Waals surface area contributed by atoms with E-state index in [1.807, 2.05) is 63.4 Å². The van der Waals surface area contributed by atoms with Crippen molar-refractivity contribution in [2.45, 2.75) is 52.1 Å². The number of nitrogen functional groups attached to an aromatic ring is 1. The van der Waals surface area contributed by atoms with Gasteiger partial charge in [0, 0.05) is 54.0 Å². The number of methoxy groups -OCH3 is 1. The molecule has 0 radical (unpaired) electrons. The van der Waals surface area contributed by atoms with Crippen molar-refractivity contribution >= 4 is 54.8 Å². The number of nitrogens with two attached hydrogens (primary N) is 1. The largest absolute Gasteiger partial charge is 0.496 e. The van der Waals surface area contributed by atoms with E-state index in [0.29, 0.717) is 31.7 Å². The normalized spacial score (nSPS) is 13.8. The molecule has 44 heavy (non-hydrogen) atoms. The summed E-state index contributed by atoms with van der Waals surface area (Å²) in [6, 6.07) is 13.0. The summed E-state index contributed by atoms with van der Waals surface area (Å²) in [6.07, 6.45) is 4.63. The van der Waals surface area contributed by atoms with E-state index in [1.165, 1.54) is 0 Å². The summed E-state index contributed by atoms with van der Waals surface area (Å²) in [6.45, 7) is 6.52. The van der Waals surface area contributed by atoms with Crippen LogP contribution in [0.2, 0.25) is 0 Å². The fraction of sp³-hybridized carbons (Fsp3) is 0.323. The minimum absolute atomic E-state index is 0. The molecular formula is C31H38Cl3N7O3. The molecule has 4 N–H and O–H groups in total. The molecule has 3 aromatic heterocycles. The molecule has 0 fully saturated rings. The number of carbonyl (C=O) groups is 1. The summed E-state index contributed by atoms with van der Waals surface area (Å²) in [4.78, 5) is 40.2. The number of ether oxygens (including phenoxy) is 1. The lowest BCUT2D eigenvalue weighted by atomic mass is 9.93. The number of benzene rings is 1. The van der Waals surface area contributed by atoms with Crippen molar-refractivity contribution in [3.8, 4) is 5.75 Å². The van der Waals surface area contributed by atoms with Crippen LogP contribution in [0.25, 0.3) is 0 Å². The number of amides is 1. The Morgan fingerprint density at radius 1 is 1.05 bits per heavy atom. The maximum absolute atomic E-state index is 13.6. The number of nitrogens with zero attached hydrogens (tertiary/aromatic N) is 4. The van der Waals surface area contributed by atoms with Crippen LogP contribution in [0.3, 0.4) is 0 Å². The first-order valence-corrected chi connectivity index (χ1v) is 13.7. The summed E-state index contributed by atoms with van der Waals surface area (Å²) in [5.41, 5.74) is 11.7. The van der Waals surface area contributed by atoms with Crippen LogP contribution >= 0.6 is 37.2 Å². The van der Waals surface area contributed by atoms with Crippen molar-refractivity contribution in [3.05, 3.63) is 105 Å². The first-order chi connectivity index (χ1) is 19.7. The lowest BCUT2D eigenvalue weighted by Crippen LogP contribution is -2.36. The third kappa shape index (κ3) is 7.80. The molecule has 236 valence electrons. The molecule has 5 rings (SSSR count). The summed E-state index contributed by atoms with van der Waals surface area (Å²) in [5.74, 6) is 0.950. The van der Waals surface area contributed by atoms with E-state index < -0.39 is 6.04 Å². The highest BCUT2D eigenvalue weighted by molar-refractivity contribution is 5.86. The van der Waals surface area contributed by atoms with E-state index in [0.717, 1.165) is 45.1 Å². The summed E-state index contributed by atoms with van der Waals surface area (Å²) < 4.78 is 7.27. The molecule has 10 nitrogen and oxygen atoms in total. The highest BCUT2D eigenvalue weighted by atomic mass is 35.5. The molecule has 4 aromatic rings. The van der Waals surface area contributed by atoms with Gasteiger partial charge >= 0.3 is 0 Å². The lowest BCUT2D eigenvalue weighted by molar-refractivity contribution is -0.124. The number of halogens is 3. The fourth-order valence-electron chi connectivity index (χ4n) is 5.27. The SMILES string of the molecule is COc1cc(C)ccc1[C@@H](CNc1ncc2n(c1=O)[C@H](C(=O)NCc1ccc(N)nc1C)CC2)c1ccc(C)cn1.Cl.Cl.Cl. The van der Waals surface area contributed by atoms with Crippen LogP contribution in [0.15, 0.2) is 59.7 Å². The molecular weight excluding hydrogens is 625 g/mol. The van der Waals surface area contributed by atoms with Crippen LogP contribution in [-0.4, -0.2) is 39.1 Å². The molecule has 13 heteroatoms. The zero-order valence-corrected chi connectivity index (χ0v) is 27.4.